The van der Waals surface area contributed by atoms with Gasteiger partial charge in [0.25, 0.3) is 5.91 Å². The van der Waals surface area contributed by atoms with Gasteiger partial charge < -0.3 is 15.0 Å². The molecule has 2 aromatic carbocycles. The van der Waals surface area contributed by atoms with Gasteiger partial charge in [-0.15, -0.1) is 0 Å². The Labute approximate surface area is 154 Å². The summed E-state index contributed by atoms with van der Waals surface area (Å²) in [4.78, 5) is 14.6. The van der Waals surface area contributed by atoms with Gasteiger partial charge in [-0.1, -0.05) is 12.1 Å². The minimum atomic E-state index is -0.645. The summed E-state index contributed by atoms with van der Waals surface area (Å²) >= 11 is 0. The van der Waals surface area contributed by atoms with E-state index >= 15 is 0 Å². The van der Waals surface area contributed by atoms with E-state index in [9.17, 15) is 9.18 Å². The second-order valence-corrected chi connectivity index (χ2v) is 6.65. The van der Waals surface area contributed by atoms with Crippen LogP contribution < -0.4 is 15.0 Å². The maximum absolute atomic E-state index is 12.9. The number of carbonyl (C=O) groups excluding carboxylic acids is 1. The molecule has 0 saturated carbocycles. The average Bonchev–Trinajstić information content (AvgIpc) is 2.69. The molecule has 3 rings (SSSR count). The van der Waals surface area contributed by atoms with Crippen LogP contribution in [-0.4, -0.2) is 25.1 Å². The molecule has 1 atom stereocenters. The Hall–Kier alpha value is -2.56. The van der Waals surface area contributed by atoms with Crippen LogP contribution in [0.3, 0.4) is 0 Å². The second-order valence-electron chi connectivity index (χ2n) is 6.65. The number of carbonyl (C=O) groups is 1. The molecule has 0 unspecified atom stereocenters. The highest BCUT2D eigenvalue weighted by Crippen LogP contribution is 2.20. The first-order valence-corrected chi connectivity index (χ1v) is 9.15. The number of nitrogens with zero attached hydrogens (tertiary/aromatic N) is 1. The van der Waals surface area contributed by atoms with Crippen LogP contribution in [0.5, 0.6) is 5.75 Å². The number of halogens is 1. The van der Waals surface area contributed by atoms with Crippen molar-refractivity contribution in [3.8, 4) is 5.75 Å². The molecule has 5 heteroatoms. The van der Waals surface area contributed by atoms with Crippen LogP contribution in [0.2, 0.25) is 0 Å². The predicted octanol–water partition coefficient (Wildman–Crippen LogP) is 3.90. The topological polar surface area (TPSA) is 41.6 Å². The molecule has 1 heterocycles. The SMILES string of the molecule is C[C@@H](Oc1ccc(F)cc1)C(=O)NCc1ccc(N2CCCCC2)cc1. The van der Waals surface area contributed by atoms with Crippen molar-refractivity contribution in [3.05, 3.63) is 59.9 Å². The zero-order valence-electron chi connectivity index (χ0n) is 15.1. The van der Waals surface area contributed by atoms with Gasteiger partial charge in [0.05, 0.1) is 0 Å². The second kappa shape index (κ2) is 8.70. The Morgan fingerprint density at radius 1 is 1.08 bits per heavy atom. The van der Waals surface area contributed by atoms with Gasteiger partial charge in [0.2, 0.25) is 0 Å². The lowest BCUT2D eigenvalue weighted by atomic mass is 10.1. The Morgan fingerprint density at radius 2 is 1.73 bits per heavy atom. The van der Waals surface area contributed by atoms with E-state index in [0.717, 1.165) is 18.7 Å². The smallest absolute Gasteiger partial charge is 0.261 e. The van der Waals surface area contributed by atoms with Crippen LogP contribution in [0.1, 0.15) is 31.7 Å². The van der Waals surface area contributed by atoms with Crippen molar-refractivity contribution in [2.45, 2.75) is 38.8 Å². The van der Waals surface area contributed by atoms with E-state index in [4.69, 9.17) is 4.74 Å². The lowest BCUT2D eigenvalue weighted by Crippen LogP contribution is -2.35. The summed E-state index contributed by atoms with van der Waals surface area (Å²) in [6.45, 7) is 4.37. The van der Waals surface area contributed by atoms with Crippen molar-refractivity contribution in [2.24, 2.45) is 0 Å². The van der Waals surface area contributed by atoms with Crippen molar-refractivity contribution in [1.29, 1.82) is 0 Å². The molecular formula is C21H25FN2O2. The fourth-order valence-electron chi connectivity index (χ4n) is 3.08. The first-order chi connectivity index (χ1) is 12.6. The third-order valence-corrected chi connectivity index (χ3v) is 4.62. The number of amides is 1. The standard InChI is InChI=1S/C21H25FN2O2/c1-16(26-20-11-7-18(22)8-12-20)21(25)23-15-17-5-9-19(10-6-17)24-13-3-2-4-14-24/h5-12,16H,2-4,13-15H2,1H3,(H,23,25)/t16-/m1/s1. The summed E-state index contributed by atoms with van der Waals surface area (Å²) in [5.41, 5.74) is 2.29. The molecule has 1 saturated heterocycles. The summed E-state index contributed by atoms with van der Waals surface area (Å²) in [5.74, 6) is -0.0585. The summed E-state index contributed by atoms with van der Waals surface area (Å²) in [6.07, 6.45) is 3.18. The Balaban J connectivity index is 1.48. The Bertz CT molecular complexity index is 710. The normalized spacial score (nSPS) is 15.4. The van der Waals surface area contributed by atoms with Crippen molar-refractivity contribution >= 4 is 11.6 Å². The van der Waals surface area contributed by atoms with Gasteiger partial charge >= 0.3 is 0 Å². The maximum Gasteiger partial charge on any atom is 0.261 e. The van der Waals surface area contributed by atoms with Gasteiger partial charge in [0.1, 0.15) is 11.6 Å². The van der Waals surface area contributed by atoms with Crippen molar-refractivity contribution in [3.63, 3.8) is 0 Å². The first kappa shape index (κ1) is 18.2. The molecule has 1 aliphatic rings. The van der Waals surface area contributed by atoms with Crippen molar-refractivity contribution in [1.82, 2.24) is 5.32 Å². The number of anilines is 1. The monoisotopic (exact) mass is 356 g/mol. The summed E-state index contributed by atoms with van der Waals surface area (Å²) in [6, 6.07) is 14.0. The van der Waals surface area contributed by atoms with Gasteiger partial charge in [0, 0.05) is 25.3 Å². The highest BCUT2D eigenvalue weighted by molar-refractivity contribution is 5.80. The lowest BCUT2D eigenvalue weighted by Gasteiger charge is -2.28. The molecule has 0 radical (unpaired) electrons. The molecule has 1 aliphatic heterocycles. The minimum Gasteiger partial charge on any atom is -0.481 e. The van der Waals surface area contributed by atoms with E-state index in [0.29, 0.717) is 12.3 Å². The molecule has 138 valence electrons. The van der Waals surface area contributed by atoms with Crippen LogP contribution in [0.4, 0.5) is 10.1 Å². The third kappa shape index (κ3) is 4.97. The molecular weight excluding hydrogens is 331 g/mol. The molecule has 0 bridgehead atoms. The van der Waals surface area contributed by atoms with Gasteiger partial charge in [-0.3, -0.25) is 4.79 Å². The van der Waals surface area contributed by atoms with Crippen molar-refractivity contribution < 1.29 is 13.9 Å². The molecule has 2 aromatic rings. The third-order valence-electron chi connectivity index (χ3n) is 4.62. The number of hydrogen-bond acceptors (Lipinski definition) is 3. The molecule has 4 nitrogen and oxygen atoms in total. The molecule has 0 aliphatic carbocycles. The van der Waals surface area contributed by atoms with E-state index in [1.807, 2.05) is 0 Å². The maximum atomic E-state index is 12.9. The number of hydrogen-bond donors (Lipinski definition) is 1. The van der Waals surface area contributed by atoms with E-state index in [2.05, 4.69) is 34.5 Å². The zero-order valence-corrected chi connectivity index (χ0v) is 15.1. The van der Waals surface area contributed by atoms with E-state index in [1.165, 1.54) is 49.2 Å². The predicted molar refractivity (Wildman–Crippen MR) is 101 cm³/mol. The molecule has 1 N–H and O–H groups in total. The average molecular weight is 356 g/mol. The van der Waals surface area contributed by atoms with Crippen molar-refractivity contribution in [2.75, 3.05) is 18.0 Å². The van der Waals surface area contributed by atoms with Crippen LogP contribution in [-0.2, 0) is 11.3 Å². The molecule has 1 fully saturated rings. The van der Waals surface area contributed by atoms with Gasteiger partial charge in [-0.25, -0.2) is 4.39 Å². The Kier molecular flexibility index (Phi) is 6.10. The fourth-order valence-corrected chi connectivity index (χ4v) is 3.08. The highest BCUT2D eigenvalue weighted by atomic mass is 19.1. The number of rotatable bonds is 6. The quantitative estimate of drug-likeness (QED) is 0.853. The highest BCUT2D eigenvalue weighted by Gasteiger charge is 2.15. The van der Waals surface area contributed by atoms with Gasteiger partial charge in [-0.2, -0.15) is 0 Å². The Morgan fingerprint density at radius 3 is 2.38 bits per heavy atom. The number of nitrogens with one attached hydrogen (secondary N) is 1. The van der Waals surface area contributed by atoms with E-state index in [1.54, 1.807) is 6.92 Å². The minimum absolute atomic E-state index is 0.200. The van der Waals surface area contributed by atoms with Crippen LogP contribution in [0, 0.1) is 5.82 Å². The van der Waals surface area contributed by atoms with Crippen LogP contribution in [0.15, 0.2) is 48.5 Å². The molecule has 1 amide bonds. The first-order valence-electron chi connectivity index (χ1n) is 9.15. The number of ether oxygens (including phenoxy) is 1. The lowest BCUT2D eigenvalue weighted by molar-refractivity contribution is -0.127. The fraction of sp³-hybridized carbons (Fsp3) is 0.381. The molecule has 0 aromatic heterocycles. The summed E-state index contributed by atoms with van der Waals surface area (Å²) in [5, 5.41) is 2.88. The summed E-state index contributed by atoms with van der Waals surface area (Å²) < 4.78 is 18.4. The van der Waals surface area contributed by atoms with Crippen LogP contribution >= 0.6 is 0 Å². The number of benzene rings is 2. The van der Waals surface area contributed by atoms with Gasteiger partial charge in [0.15, 0.2) is 6.10 Å². The largest absolute Gasteiger partial charge is 0.481 e. The number of piperidine rings is 1. The molecule has 26 heavy (non-hydrogen) atoms. The van der Waals surface area contributed by atoms with Crippen LogP contribution in [0.25, 0.3) is 0 Å². The molecule has 0 spiro atoms. The zero-order chi connectivity index (χ0) is 18.4. The summed E-state index contributed by atoms with van der Waals surface area (Å²) in [7, 11) is 0. The van der Waals surface area contributed by atoms with E-state index < -0.39 is 6.10 Å². The van der Waals surface area contributed by atoms with Gasteiger partial charge in [-0.05, 0) is 68.1 Å². The van der Waals surface area contributed by atoms with E-state index in [-0.39, 0.29) is 11.7 Å².